The second kappa shape index (κ2) is 5.96. The molecule has 3 aromatic rings. The number of aromatic amines is 1. The van der Waals surface area contributed by atoms with E-state index in [1.54, 1.807) is 6.33 Å². The molecule has 2 N–H and O–H groups in total. The van der Waals surface area contributed by atoms with Gasteiger partial charge in [0.25, 0.3) is 0 Å². The van der Waals surface area contributed by atoms with Gasteiger partial charge in [0.15, 0.2) is 5.52 Å². The number of hydrogen-bond acceptors (Lipinski definition) is 4. The highest BCUT2D eigenvalue weighted by molar-refractivity contribution is 5.84. The number of imidazole rings is 1. The molecule has 4 rings (SSSR count). The van der Waals surface area contributed by atoms with Gasteiger partial charge in [-0.2, -0.15) is 0 Å². The van der Waals surface area contributed by atoms with Gasteiger partial charge in [-0.1, -0.05) is 30.3 Å². The van der Waals surface area contributed by atoms with Gasteiger partial charge in [0.05, 0.1) is 17.5 Å². The van der Waals surface area contributed by atoms with Gasteiger partial charge >= 0.3 is 0 Å². The minimum absolute atomic E-state index is 0.0753. The minimum Gasteiger partial charge on any atom is -0.473 e. The second-order valence-electron chi connectivity index (χ2n) is 6.07. The fourth-order valence-electron chi connectivity index (χ4n) is 2.99. The molecule has 122 valence electrons. The van der Waals surface area contributed by atoms with Crippen LogP contribution in [0, 0.1) is 5.92 Å². The Kier molecular flexibility index (Phi) is 3.65. The van der Waals surface area contributed by atoms with Crippen molar-refractivity contribution in [1.29, 1.82) is 0 Å². The van der Waals surface area contributed by atoms with Crippen LogP contribution in [0.25, 0.3) is 22.3 Å². The SMILES string of the molecule is C[C@@H](Oc1nc(-c2ccccc2)cc2[nH]cnc12)[C@H]1CNC(=O)C1. The van der Waals surface area contributed by atoms with E-state index < -0.39 is 0 Å². The first kappa shape index (κ1) is 14.7. The maximum Gasteiger partial charge on any atom is 0.243 e. The van der Waals surface area contributed by atoms with Gasteiger partial charge in [0.1, 0.15) is 6.10 Å². The highest BCUT2D eigenvalue weighted by atomic mass is 16.5. The number of amides is 1. The second-order valence-corrected chi connectivity index (χ2v) is 6.07. The van der Waals surface area contributed by atoms with E-state index in [0.29, 0.717) is 24.4 Å². The Labute approximate surface area is 139 Å². The van der Waals surface area contributed by atoms with Crippen molar-refractivity contribution < 1.29 is 9.53 Å². The molecule has 1 aromatic carbocycles. The lowest BCUT2D eigenvalue weighted by atomic mass is 10.0. The third-order valence-electron chi connectivity index (χ3n) is 4.41. The number of pyridine rings is 1. The summed E-state index contributed by atoms with van der Waals surface area (Å²) in [5.41, 5.74) is 3.44. The number of ether oxygens (including phenoxy) is 1. The standard InChI is InChI=1S/C18H18N4O2/c1-11(13-7-16(23)19-9-13)24-18-17-15(20-10-21-17)8-14(22-18)12-5-3-2-4-6-12/h2-6,8,10-11,13H,7,9H2,1H3,(H,19,23)(H,20,21)/t11-,13-/m1/s1. The van der Waals surface area contributed by atoms with Crippen molar-refractivity contribution in [2.45, 2.75) is 19.4 Å². The zero-order valence-corrected chi connectivity index (χ0v) is 13.3. The molecular formula is C18H18N4O2. The Morgan fingerprint density at radius 3 is 2.88 bits per heavy atom. The van der Waals surface area contributed by atoms with Crippen molar-refractivity contribution in [1.82, 2.24) is 20.3 Å². The monoisotopic (exact) mass is 322 g/mol. The van der Waals surface area contributed by atoms with E-state index in [0.717, 1.165) is 16.8 Å². The third kappa shape index (κ3) is 2.71. The number of nitrogens with one attached hydrogen (secondary N) is 2. The highest BCUT2D eigenvalue weighted by Crippen LogP contribution is 2.29. The van der Waals surface area contributed by atoms with Crippen molar-refractivity contribution in [2.75, 3.05) is 6.54 Å². The maximum atomic E-state index is 11.4. The van der Waals surface area contributed by atoms with E-state index in [4.69, 9.17) is 4.74 Å². The van der Waals surface area contributed by atoms with Gasteiger partial charge in [-0.3, -0.25) is 4.79 Å². The lowest BCUT2D eigenvalue weighted by molar-refractivity contribution is -0.119. The summed E-state index contributed by atoms with van der Waals surface area (Å²) in [6.07, 6.45) is 2.00. The van der Waals surface area contributed by atoms with Crippen LogP contribution in [0.3, 0.4) is 0 Å². The number of benzene rings is 1. The molecule has 0 radical (unpaired) electrons. The molecular weight excluding hydrogens is 304 g/mol. The summed E-state index contributed by atoms with van der Waals surface area (Å²) in [6, 6.07) is 11.9. The van der Waals surface area contributed by atoms with Crippen LogP contribution >= 0.6 is 0 Å². The summed E-state index contributed by atoms with van der Waals surface area (Å²) in [7, 11) is 0. The Morgan fingerprint density at radius 2 is 2.12 bits per heavy atom. The average molecular weight is 322 g/mol. The van der Waals surface area contributed by atoms with E-state index in [9.17, 15) is 4.79 Å². The number of hydrogen-bond donors (Lipinski definition) is 2. The molecule has 1 saturated heterocycles. The van der Waals surface area contributed by atoms with Gasteiger partial charge in [-0.25, -0.2) is 9.97 Å². The molecule has 0 aliphatic carbocycles. The molecule has 1 fully saturated rings. The van der Waals surface area contributed by atoms with Gasteiger partial charge in [-0.15, -0.1) is 0 Å². The van der Waals surface area contributed by atoms with Gasteiger partial charge < -0.3 is 15.0 Å². The van der Waals surface area contributed by atoms with Crippen LogP contribution in [0.5, 0.6) is 5.88 Å². The number of nitrogens with zero attached hydrogens (tertiary/aromatic N) is 2. The summed E-state index contributed by atoms with van der Waals surface area (Å²) in [4.78, 5) is 23.5. The summed E-state index contributed by atoms with van der Waals surface area (Å²) in [5, 5.41) is 2.84. The molecule has 24 heavy (non-hydrogen) atoms. The zero-order valence-electron chi connectivity index (χ0n) is 13.3. The fraction of sp³-hybridized carbons (Fsp3) is 0.278. The number of fused-ring (bicyclic) bond motifs is 1. The van der Waals surface area contributed by atoms with E-state index in [1.807, 2.05) is 43.3 Å². The van der Waals surface area contributed by atoms with Crippen LogP contribution in [0.1, 0.15) is 13.3 Å². The van der Waals surface area contributed by atoms with E-state index in [2.05, 4.69) is 20.3 Å². The normalized spacial score (nSPS) is 18.5. The smallest absolute Gasteiger partial charge is 0.243 e. The van der Waals surface area contributed by atoms with Crippen molar-refractivity contribution in [3.8, 4) is 17.1 Å². The molecule has 2 atom stereocenters. The van der Waals surface area contributed by atoms with Crippen LogP contribution in [0.15, 0.2) is 42.7 Å². The summed E-state index contributed by atoms with van der Waals surface area (Å²) < 4.78 is 6.09. The summed E-state index contributed by atoms with van der Waals surface area (Å²) in [5.74, 6) is 0.722. The van der Waals surface area contributed by atoms with E-state index in [1.165, 1.54) is 0 Å². The molecule has 0 bridgehead atoms. The number of H-pyrrole nitrogens is 1. The average Bonchev–Trinajstić information content (AvgIpc) is 3.24. The van der Waals surface area contributed by atoms with Crippen molar-refractivity contribution >= 4 is 16.9 Å². The quantitative estimate of drug-likeness (QED) is 0.773. The van der Waals surface area contributed by atoms with Crippen LogP contribution in [-0.4, -0.2) is 33.5 Å². The molecule has 6 heteroatoms. The van der Waals surface area contributed by atoms with E-state index in [-0.39, 0.29) is 17.9 Å². The van der Waals surface area contributed by atoms with Crippen LogP contribution < -0.4 is 10.1 Å². The fourth-order valence-corrected chi connectivity index (χ4v) is 2.99. The number of carbonyl (C=O) groups is 1. The Bertz CT molecular complexity index is 875. The molecule has 6 nitrogen and oxygen atoms in total. The Balaban J connectivity index is 1.69. The van der Waals surface area contributed by atoms with Crippen molar-refractivity contribution in [2.24, 2.45) is 5.92 Å². The van der Waals surface area contributed by atoms with Gasteiger partial charge in [-0.05, 0) is 13.0 Å². The van der Waals surface area contributed by atoms with Crippen LogP contribution in [0.4, 0.5) is 0 Å². The molecule has 1 amide bonds. The Hall–Kier alpha value is -2.89. The highest BCUT2D eigenvalue weighted by Gasteiger charge is 2.28. The summed E-state index contributed by atoms with van der Waals surface area (Å²) >= 11 is 0. The minimum atomic E-state index is -0.123. The summed E-state index contributed by atoms with van der Waals surface area (Å²) in [6.45, 7) is 2.61. The molecule has 0 saturated carbocycles. The maximum absolute atomic E-state index is 11.4. The first-order valence-corrected chi connectivity index (χ1v) is 8.03. The molecule has 3 heterocycles. The molecule has 1 aliphatic heterocycles. The topological polar surface area (TPSA) is 79.9 Å². The lowest BCUT2D eigenvalue weighted by Crippen LogP contribution is -2.26. The predicted molar refractivity (Wildman–Crippen MR) is 90.5 cm³/mol. The Morgan fingerprint density at radius 1 is 1.29 bits per heavy atom. The number of aromatic nitrogens is 3. The molecule has 0 spiro atoms. The molecule has 0 unspecified atom stereocenters. The number of carbonyl (C=O) groups excluding carboxylic acids is 1. The molecule has 1 aliphatic rings. The third-order valence-corrected chi connectivity index (χ3v) is 4.41. The largest absolute Gasteiger partial charge is 0.473 e. The van der Waals surface area contributed by atoms with Gasteiger partial charge in [0.2, 0.25) is 11.8 Å². The van der Waals surface area contributed by atoms with Crippen LogP contribution in [-0.2, 0) is 4.79 Å². The first-order chi connectivity index (χ1) is 11.7. The lowest BCUT2D eigenvalue weighted by Gasteiger charge is -2.19. The van der Waals surface area contributed by atoms with E-state index >= 15 is 0 Å². The zero-order chi connectivity index (χ0) is 16.5. The first-order valence-electron chi connectivity index (χ1n) is 8.03. The van der Waals surface area contributed by atoms with Crippen molar-refractivity contribution in [3.05, 3.63) is 42.7 Å². The number of rotatable bonds is 4. The van der Waals surface area contributed by atoms with Gasteiger partial charge in [0, 0.05) is 24.4 Å². The van der Waals surface area contributed by atoms with Crippen LogP contribution in [0.2, 0.25) is 0 Å². The van der Waals surface area contributed by atoms with Crippen molar-refractivity contribution in [3.63, 3.8) is 0 Å². The molecule has 2 aromatic heterocycles. The predicted octanol–water partition coefficient (Wildman–Crippen LogP) is 2.53.